The molecule has 1 rings (SSSR count). The Balaban J connectivity index is 2.90. The number of aliphatic hydroxyl groups excluding tert-OH is 1. The average Bonchev–Trinajstić information content (AvgIpc) is 2.33. The Morgan fingerprint density at radius 2 is 2.50 bits per heavy atom. The lowest BCUT2D eigenvalue weighted by Crippen LogP contribution is -1.94. The first-order valence-electron chi connectivity index (χ1n) is 3.01. The van der Waals surface area contributed by atoms with E-state index in [4.69, 9.17) is 9.84 Å². The summed E-state index contributed by atoms with van der Waals surface area (Å²) in [5, 5.41) is 15.4. The summed E-state index contributed by atoms with van der Waals surface area (Å²) >= 11 is 0. The first kappa shape index (κ1) is 7.08. The third-order valence-corrected chi connectivity index (χ3v) is 1.27. The van der Waals surface area contributed by atoms with Crippen LogP contribution >= 0.6 is 0 Å². The maximum Gasteiger partial charge on any atom is 0.162 e. The molecule has 0 amide bonds. The van der Waals surface area contributed by atoms with Crippen LogP contribution in [0.4, 0.5) is 0 Å². The van der Waals surface area contributed by atoms with E-state index in [9.17, 15) is 0 Å². The summed E-state index contributed by atoms with van der Waals surface area (Å²) in [4.78, 5) is 0. The van der Waals surface area contributed by atoms with Crippen molar-refractivity contribution in [1.29, 1.82) is 0 Å². The molecule has 1 atom stereocenters. The number of nitrogens with one attached hydrogen (secondary N) is 1. The van der Waals surface area contributed by atoms with Crippen LogP contribution in [0.2, 0.25) is 0 Å². The van der Waals surface area contributed by atoms with E-state index in [1.54, 1.807) is 6.92 Å². The fourth-order valence-corrected chi connectivity index (χ4v) is 0.747. The summed E-state index contributed by atoms with van der Waals surface area (Å²) in [5.41, 5.74) is 0.613. The van der Waals surface area contributed by atoms with Crippen molar-refractivity contribution in [2.75, 3.05) is 7.11 Å². The van der Waals surface area contributed by atoms with Gasteiger partial charge in [0.1, 0.15) is 5.69 Å². The van der Waals surface area contributed by atoms with Crippen molar-refractivity contribution < 1.29 is 9.84 Å². The van der Waals surface area contributed by atoms with Crippen molar-refractivity contribution >= 4 is 0 Å². The molecule has 10 heavy (non-hydrogen) atoms. The predicted molar refractivity (Wildman–Crippen MR) is 35.8 cm³/mol. The van der Waals surface area contributed by atoms with E-state index in [0.717, 1.165) is 0 Å². The Hall–Kier alpha value is -1.03. The van der Waals surface area contributed by atoms with E-state index < -0.39 is 6.10 Å². The van der Waals surface area contributed by atoms with Crippen molar-refractivity contribution in [1.82, 2.24) is 10.2 Å². The van der Waals surface area contributed by atoms with Gasteiger partial charge in [0.25, 0.3) is 0 Å². The van der Waals surface area contributed by atoms with Gasteiger partial charge in [-0.15, -0.1) is 0 Å². The van der Waals surface area contributed by atoms with Gasteiger partial charge in [0.15, 0.2) is 5.75 Å². The smallest absolute Gasteiger partial charge is 0.162 e. The van der Waals surface area contributed by atoms with Crippen molar-refractivity contribution in [3.8, 4) is 5.75 Å². The molecule has 4 nitrogen and oxygen atoms in total. The molecule has 0 aromatic carbocycles. The largest absolute Gasteiger partial charge is 0.493 e. The van der Waals surface area contributed by atoms with Gasteiger partial charge in [-0.2, -0.15) is 5.10 Å². The van der Waals surface area contributed by atoms with E-state index >= 15 is 0 Å². The number of hydrogen-bond donors (Lipinski definition) is 2. The number of hydrogen-bond acceptors (Lipinski definition) is 3. The summed E-state index contributed by atoms with van der Waals surface area (Å²) < 4.78 is 4.89. The van der Waals surface area contributed by atoms with Gasteiger partial charge in [-0.05, 0) is 6.92 Å². The predicted octanol–water partition coefficient (Wildman–Crippen LogP) is 0.472. The molecule has 0 fully saturated rings. The summed E-state index contributed by atoms with van der Waals surface area (Å²) in [6, 6.07) is 0. The Labute approximate surface area is 58.8 Å². The molecule has 0 radical (unpaired) electrons. The van der Waals surface area contributed by atoms with Gasteiger partial charge in [0, 0.05) is 0 Å². The molecule has 1 aromatic heterocycles. The first-order chi connectivity index (χ1) is 4.75. The molecule has 0 saturated carbocycles. The minimum absolute atomic E-state index is 0.558. The lowest BCUT2D eigenvalue weighted by Gasteiger charge is -2.02. The molecule has 0 aliphatic heterocycles. The van der Waals surface area contributed by atoms with E-state index in [0.29, 0.717) is 11.4 Å². The SMILES string of the molecule is COc1cn[nH]c1C(C)O. The highest BCUT2D eigenvalue weighted by Crippen LogP contribution is 2.20. The van der Waals surface area contributed by atoms with Gasteiger partial charge < -0.3 is 9.84 Å². The van der Waals surface area contributed by atoms with Crippen LogP contribution in [0, 0.1) is 0 Å². The Bertz CT molecular complexity index is 207. The Morgan fingerprint density at radius 1 is 1.80 bits per heavy atom. The summed E-state index contributed by atoms with van der Waals surface area (Å²) in [6.07, 6.45) is 0.972. The van der Waals surface area contributed by atoms with Gasteiger partial charge in [-0.1, -0.05) is 0 Å². The minimum atomic E-state index is -0.558. The van der Waals surface area contributed by atoms with Crippen LogP contribution in [0.1, 0.15) is 18.7 Å². The standard InChI is InChI=1S/C6H10N2O2/c1-4(9)6-5(10-2)3-7-8-6/h3-4,9H,1-2H3,(H,7,8). The molecule has 1 aromatic rings. The van der Waals surface area contributed by atoms with Crippen LogP contribution < -0.4 is 4.74 Å². The molecular weight excluding hydrogens is 132 g/mol. The van der Waals surface area contributed by atoms with Crippen molar-refractivity contribution in [2.45, 2.75) is 13.0 Å². The summed E-state index contributed by atoms with van der Waals surface area (Å²) in [7, 11) is 1.54. The number of aromatic amines is 1. The maximum absolute atomic E-state index is 9.07. The van der Waals surface area contributed by atoms with Crippen LogP contribution in [-0.2, 0) is 0 Å². The molecule has 0 saturated heterocycles. The number of aliphatic hydroxyl groups is 1. The Morgan fingerprint density at radius 3 is 2.90 bits per heavy atom. The van der Waals surface area contributed by atoms with Crippen LogP contribution in [0.25, 0.3) is 0 Å². The quantitative estimate of drug-likeness (QED) is 0.631. The highest BCUT2D eigenvalue weighted by atomic mass is 16.5. The number of nitrogens with zero attached hydrogens (tertiary/aromatic N) is 1. The third kappa shape index (κ3) is 1.11. The number of H-pyrrole nitrogens is 1. The van der Waals surface area contributed by atoms with Crippen LogP contribution in [0.3, 0.4) is 0 Å². The van der Waals surface area contributed by atoms with E-state index in [1.165, 1.54) is 13.3 Å². The second-order valence-corrected chi connectivity index (χ2v) is 2.03. The molecule has 0 bridgehead atoms. The fraction of sp³-hybridized carbons (Fsp3) is 0.500. The second kappa shape index (κ2) is 2.70. The lowest BCUT2D eigenvalue weighted by atomic mass is 10.3. The highest BCUT2D eigenvalue weighted by molar-refractivity contribution is 5.24. The van der Waals surface area contributed by atoms with Crippen LogP contribution in [0.15, 0.2) is 6.20 Å². The monoisotopic (exact) mass is 142 g/mol. The first-order valence-corrected chi connectivity index (χ1v) is 3.01. The van der Waals surface area contributed by atoms with E-state index in [1.807, 2.05) is 0 Å². The van der Waals surface area contributed by atoms with E-state index in [2.05, 4.69) is 10.2 Å². The maximum atomic E-state index is 9.07. The van der Waals surface area contributed by atoms with Gasteiger partial charge >= 0.3 is 0 Å². The number of aromatic nitrogens is 2. The minimum Gasteiger partial charge on any atom is -0.493 e. The zero-order valence-corrected chi connectivity index (χ0v) is 5.96. The molecular formula is C6H10N2O2. The molecule has 1 unspecified atom stereocenters. The highest BCUT2D eigenvalue weighted by Gasteiger charge is 2.09. The van der Waals surface area contributed by atoms with Crippen molar-refractivity contribution in [3.05, 3.63) is 11.9 Å². The molecule has 56 valence electrons. The van der Waals surface area contributed by atoms with Crippen LogP contribution in [-0.4, -0.2) is 22.4 Å². The van der Waals surface area contributed by atoms with Gasteiger partial charge in [-0.3, -0.25) is 5.10 Å². The fourth-order valence-electron chi connectivity index (χ4n) is 0.747. The average molecular weight is 142 g/mol. The number of methoxy groups -OCH3 is 1. The van der Waals surface area contributed by atoms with Crippen molar-refractivity contribution in [3.63, 3.8) is 0 Å². The summed E-state index contributed by atoms with van der Waals surface area (Å²) in [6.45, 7) is 1.65. The molecule has 4 heteroatoms. The topological polar surface area (TPSA) is 58.1 Å². The molecule has 0 aliphatic rings. The van der Waals surface area contributed by atoms with Gasteiger partial charge in [-0.25, -0.2) is 0 Å². The van der Waals surface area contributed by atoms with Crippen LogP contribution in [0.5, 0.6) is 5.75 Å². The molecule has 0 aliphatic carbocycles. The lowest BCUT2D eigenvalue weighted by molar-refractivity contribution is 0.189. The molecule has 1 heterocycles. The molecule has 0 spiro atoms. The van der Waals surface area contributed by atoms with E-state index in [-0.39, 0.29) is 0 Å². The Kier molecular flexibility index (Phi) is 1.91. The van der Waals surface area contributed by atoms with Gasteiger partial charge in [0.05, 0.1) is 19.4 Å². The summed E-state index contributed by atoms with van der Waals surface area (Å²) in [5.74, 6) is 0.593. The number of ether oxygens (including phenoxy) is 1. The zero-order chi connectivity index (χ0) is 7.56. The second-order valence-electron chi connectivity index (χ2n) is 2.03. The normalized spacial score (nSPS) is 13.1. The van der Waals surface area contributed by atoms with Crippen molar-refractivity contribution in [2.24, 2.45) is 0 Å². The van der Waals surface area contributed by atoms with Gasteiger partial charge in [0.2, 0.25) is 0 Å². The number of rotatable bonds is 2. The zero-order valence-electron chi connectivity index (χ0n) is 5.96. The molecule has 2 N–H and O–H groups in total. The third-order valence-electron chi connectivity index (χ3n) is 1.27.